The van der Waals surface area contributed by atoms with Crippen LogP contribution in [-0.2, 0) is 0 Å². The molecule has 0 spiro atoms. The van der Waals surface area contributed by atoms with E-state index in [0.29, 0.717) is 29.0 Å². The largest absolute Gasteiger partial charge is 0.312 e. The fourth-order valence-electron chi connectivity index (χ4n) is 4.47. The molecule has 0 saturated carbocycles. The van der Waals surface area contributed by atoms with Crippen LogP contribution in [0.2, 0.25) is 0 Å². The molecule has 1 aromatic carbocycles. The Morgan fingerprint density at radius 2 is 1.75 bits per heavy atom. The van der Waals surface area contributed by atoms with Crippen LogP contribution in [0.15, 0.2) is 48.8 Å². The molecule has 1 aliphatic heterocycles. The minimum atomic E-state index is 0.0693. The Hall–Kier alpha value is -3.83. The molecule has 0 radical (unpaired) electrons. The van der Waals surface area contributed by atoms with Crippen molar-refractivity contribution in [1.82, 2.24) is 29.4 Å². The van der Waals surface area contributed by atoms with Gasteiger partial charge in [-0.1, -0.05) is 6.42 Å². The predicted octanol–water partition coefficient (Wildman–Crippen LogP) is 3.45. The van der Waals surface area contributed by atoms with Gasteiger partial charge in [-0.25, -0.2) is 4.98 Å². The van der Waals surface area contributed by atoms with Gasteiger partial charge in [0.2, 0.25) is 0 Å². The summed E-state index contributed by atoms with van der Waals surface area (Å²) >= 11 is 0. The van der Waals surface area contributed by atoms with E-state index in [1.807, 2.05) is 35.8 Å². The van der Waals surface area contributed by atoms with Gasteiger partial charge in [-0.05, 0) is 69.3 Å². The number of rotatable bonds is 5. The van der Waals surface area contributed by atoms with Crippen molar-refractivity contribution in [2.45, 2.75) is 26.2 Å². The van der Waals surface area contributed by atoms with Gasteiger partial charge >= 0.3 is 0 Å². The summed E-state index contributed by atoms with van der Waals surface area (Å²) in [4.78, 5) is 22.0. The van der Waals surface area contributed by atoms with E-state index >= 15 is 0 Å². The van der Waals surface area contributed by atoms with Gasteiger partial charge in [-0.3, -0.25) is 9.69 Å². The average Bonchev–Trinajstić information content (AvgIpc) is 3.45. The molecular weight excluding hydrogens is 402 g/mol. The second-order valence-electron chi connectivity index (χ2n) is 8.07. The summed E-state index contributed by atoms with van der Waals surface area (Å²) in [6.07, 6.45) is 6.69. The highest BCUT2D eigenvalue weighted by molar-refractivity contribution is 6.09. The van der Waals surface area contributed by atoms with Crippen LogP contribution in [-0.4, -0.2) is 54.9 Å². The van der Waals surface area contributed by atoms with Gasteiger partial charge in [0.1, 0.15) is 5.52 Å². The summed E-state index contributed by atoms with van der Waals surface area (Å²) in [5.74, 6) is 0.631. The maximum absolute atomic E-state index is 13.5. The van der Waals surface area contributed by atoms with Crippen molar-refractivity contribution >= 4 is 16.8 Å². The number of nitriles is 1. The highest BCUT2D eigenvalue weighted by Crippen LogP contribution is 2.30. The second-order valence-corrected chi connectivity index (χ2v) is 8.07. The van der Waals surface area contributed by atoms with Crippen molar-refractivity contribution in [3.8, 4) is 17.6 Å². The molecule has 1 aliphatic rings. The molecule has 1 saturated heterocycles. The average molecular weight is 425 g/mol. The van der Waals surface area contributed by atoms with Crippen molar-refractivity contribution in [2.24, 2.45) is 0 Å². The Labute approximate surface area is 185 Å². The summed E-state index contributed by atoms with van der Waals surface area (Å²) in [5, 5.41) is 17.5. The first-order valence-corrected chi connectivity index (χ1v) is 10.8. The summed E-state index contributed by atoms with van der Waals surface area (Å²) in [7, 11) is 0. The molecule has 3 aromatic heterocycles. The molecule has 8 nitrogen and oxygen atoms in total. The fourth-order valence-corrected chi connectivity index (χ4v) is 4.47. The number of benzene rings is 1. The molecule has 0 atom stereocenters. The maximum atomic E-state index is 13.5. The van der Waals surface area contributed by atoms with Crippen LogP contribution in [0, 0.1) is 18.3 Å². The number of nitrogens with zero attached hydrogens (tertiary/aromatic N) is 7. The van der Waals surface area contributed by atoms with Crippen molar-refractivity contribution in [3.63, 3.8) is 0 Å². The van der Waals surface area contributed by atoms with E-state index in [0.717, 1.165) is 42.8 Å². The highest BCUT2D eigenvalue weighted by Gasteiger charge is 2.25. The first-order chi connectivity index (χ1) is 15.7. The van der Waals surface area contributed by atoms with E-state index in [-0.39, 0.29) is 5.78 Å². The Kier molecular flexibility index (Phi) is 5.25. The van der Waals surface area contributed by atoms with Crippen LogP contribution in [0.4, 0.5) is 0 Å². The molecule has 0 unspecified atom stereocenters. The van der Waals surface area contributed by atoms with Gasteiger partial charge in [0.15, 0.2) is 11.6 Å². The van der Waals surface area contributed by atoms with Gasteiger partial charge in [0.05, 0.1) is 41.7 Å². The van der Waals surface area contributed by atoms with Crippen molar-refractivity contribution in [3.05, 3.63) is 65.6 Å². The van der Waals surface area contributed by atoms with E-state index in [1.54, 1.807) is 24.5 Å². The molecule has 160 valence electrons. The Balaban J connectivity index is 1.65. The zero-order valence-electron chi connectivity index (χ0n) is 17.9. The highest BCUT2D eigenvalue weighted by atomic mass is 16.1. The lowest BCUT2D eigenvalue weighted by atomic mass is 10.1. The smallest absolute Gasteiger partial charge is 0.180 e. The summed E-state index contributed by atoms with van der Waals surface area (Å²) in [5.41, 5.74) is 4.42. The monoisotopic (exact) mass is 425 g/mol. The predicted molar refractivity (Wildman–Crippen MR) is 120 cm³/mol. The number of ketones is 1. The number of pyridine rings is 1. The molecular formula is C24H23N7O. The fraction of sp³-hybridized carbons (Fsp3) is 0.292. The molecule has 1 fully saturated rings. The van der Waals surface area contributed by atoms with Crippen LogP contribution < -0.4 is 0 Å². The van der Waals surface area contributed by atoms with E-state index in [9.17, 15) is 4.79 Å². The summed E-state index contributed by atoms with van der Waals surface area (Å²) in [6, 6.07) is 13.3. The molecule has 4 heterocycles. The number of Topliss-reactive ketones (excluding diaryl/α,β-unsaturated/α-hetero) is 1. The molecule has 0 N–H and O–H groups in total. The number of piperidine rings is 1. The normalized spacial score (nSPS) is 14.5. The minimum Gasteiger partial charge on any atom is -0.312 e. The van der Waals surface area contributed by atoms with Gasteiger partial charge in [0.25, 0.3) is 0 Å². The SMILES string of the molecule is Cc1c(C(=O)CN2CCCCC2)c2nc(-n3nccn3)ccc2n1-c1ccc(C#N)cc1. The third kappa shape index (κ3) is 3.57. The molecule has 0 aliphatic carbocycles. The maximum Gasteiger partial charge on any atom is 0.180 e. The number of hydrogen-bond acceptors (Lipinski definition) is 6. The van der Waals surface area contributed by atoms with Crippen LogP contribution in [0.1, 0.15) is 40.9 Å². The van der Waals surface area contributed by atoms with Gasteiger partial charge in [0, 0.05) is 11.4 Å². The van der Waals surface area contributed by atoms with Gasteiger partial charge in [-0.15, -0.1) is 4.80 Å². The topological polar surface area (TPSA) is 92.6 Å². The lowest BCUT2D eigenvalue weighted by Crippen LogP contribution is -2.34. The molecule has 8 heteroatoms. The first-order valence-electron chi connectivity index (χ1n) is 10.8. The van der Waals surface area contributed by atoms with E-state index in [2.05, 4.69) is 21.2 Å². The summed E-state index contributed by atoms with van der Waals surface area (Å²) < 4.78 is 2.03. The number of aromatic nitrogens is 5. The molecule has 4 aromatic rings. The zero-order chi connectivity index (χ0) is 22.1. The van der Waals surface area contributed by atoms with Gasteiger partial charge < -0.3 is 4.57 Å². The lowest BCUT2D eigenvalue weighted by Gasteiger charge is -2.25. The van der Waals surface area contributed by atoms with E-state index < -0.39 is 0 Å². The Morgan fingerprint density at radius 1 is 1.03 bits per heavy atom. The van der Waals surface area contributed by atoms with E-state index in [4.69, 9.17) is 10.2 Å². The number of hydrogen-bond donors (Lipinski definition) is 0. The first kappa shape index (κ1) is 20.1. The Morgan fingerprint density at radius 3 is 2.44 bits per heavy atom. The van der Waals surface area contributed by atoms with Crippen LogP contribution in [0.3, 0.4) is 0 Å². The van der Waals surface area contributed by atoms with E-state index in [1.165, 1.54) is 11.2 Å². The Bertz CT molecular complexity index is 1310. The second kappa shape index (κ2) is 8.36. The minimum absolute atomic E-state index is 0.0693. The standard InChI is InChI=1S/C24H23N7O/c1-17-23(21(32)16-29-13-3-2-4-14-29)24-20(9-10-22(28-24)31-26-11-12-27-31)30(17)19-7-5-18(15-25)6-8-19/h5-12H,2-4,13-14,16H2,1H3. The summed E-state index contributed by atoms with van der Waals surface area (Å²) in [6.45, 7) is 4.25. The van der Waals surface area contributed by atoms with Crippen LogP contribution in [0.5, 0.6) is 0 Å². The van der Waals surface area contributed by atoms with Gasteiger partial charge in [-0.2, -0.15) is 15.5 Å². The third-order valence-corrected chi connectivity index (χ3v) is 6.01. The van der Waals surface area contributed by atoms with Crippen molar-refractivity contribution < 1.29 is 4.79 Å². The third-order valence-electron chi connectivity index (χ3n) is 6.01. The number of carbonyl (C=O) groups excluding carboxylic acids is 1. The lowest BCUT2D eigenvalue weighted by molar-refractivity contribution is 0.0916. The number of likely N-dealkylation sites (tertiary alicyclic amines) is 1. The molecule has 32 heavy (non-hydrogen) atoms. The van der Waals surface area contributed by atoms with Crippen molar-refractivity contribution in [1.29, 1.82) is 5.26 Å². The zero-order valence-corrected chi connectivity index (χ0v) is 17.9. The number of fused-ring (bicyclic) bond motifs is 1. The quantitative estimate of drug-likeness (QED) is 0.455. The molecule has 0 amide bonds. The van der Waals surface area contributed by atoms with Crippen LogP contribution >= 0.6 is 0 Å². The number of carbonyl (C=O) groups is 1. The molecule has 0 bridgehead atoms. The molecule has 5 rings (SSSR count). The van der Waals surface area contributed by atoms with Crippen LogP contribution in [0.25, 0.3) is 22.5 Å². The van der Waals surface area contributed by atoms with Crippen molar-refractivity contribution in [2.75, 3.05) is 19.6 Å².